The van der Waals surface area contributed by atoms with Crippen LogP contribution in [0.5, 0.6) is 0 Å². The third-order valence-electron chi connectivity index (χ3n) is 4.15. The first-order chi connectivity index (χ1) is 9.15. The number of hydrogen-bond acceptors (Lipinski definition) is 3. The third-order valence-corrected chi connectivity index (χ3v) is 4.15. The van der Waals surface area contributed by atoms with E-state index in [1.807, 2.05) is 4.90 Å². The minimum atomic E-state index is 0.247. The van der Waals surface area contributed by atoms with E-state index in [0.717, 1.165) is 26.2 Å². The highest BCUT2D eigenvalue weighted by molar-refractivity contribution is 5.80. The van der Waals surface area contributed by atoms with Crippen LogP contribution >= 0.6 is 0 Å². The van der Waals surface area contributed by atoms with Gasteiger partial charge in [0.15, 0.2) is 0 Å². The van der Waals surface area contributed by atoms with Crippen LogP contribution in [-0.4, -0.2) is 49.6 Å². The molecule has 2 saturated heterocycles. The van der Waals surface area contributed by atoms with Gasteiger partial charge in [-0.15, -0.1) is 0 Å². The molecule has 4 heteroatoms. The molecule has 1 N–H and O–H groups in total. The Morgan fingerprint density at radius 3 is 2.89 bits per heavy atom. The van der Waals surface area contributed by atoms with Crippen molar-refractivity contribution in [1.29, 1.82) is 0 Å². The molecule has 0 aliphatic carbocycles. The second-order valence-electron chi connectivity index (χ2n) is 5.61. The summed E-state index contributed by atoms with van der Waals surface area (Å²) < 4.78 is 0. The highest BCUT2D eigenvalue weighted by Crippen LogP contribution is 2.24. The largest absolute Gasteiger partial charge is 0.367 e. The topological polar surface area (TPSA) is 35.6 Å². The molecule has 0 aromatic heterocycles. The van der Waals surface area contributed by atoms with Crippen molar-refractivity contribution in [3.05, 3.63) is 29.3 Å². The first-order valence-electron chi connectivity index (χ1n) is 6.97. The maximum absolute atomic E-state index is 11.8. The maximum atomic E-state index is 11.8. The second-order valence-corrected chi connectivity index (χ2v) is 5.61. The van der Waals surface area contributed by atoms with Crippen LogP contribution < -0.4 is 10.2 Å². The van der Waals surface area contributed by atoms with Crippen LogP contribution in [0.4, 0.5) is 5.69 Å². The normalized spacial score (nSPS) is 23.5. The van der Waals surface area contributed by atoms with Crippen molar-refractivity contribution in [2.45, 2.75) is 19.9 Å². The van der Waals surface area contributed by atoms with Crippen LogP contribution in [0.3, 0.4) is 0 Å². The fourth-order valence-corrected chi connectivity index (χ4v) is 3.18. The number of benzene rings is 1. The van der Waals surface area contributed by atoms with Crippen LogP contribution in [0.15, 0.2) is 18.2 Å². The molecule has 1 aromatic rings. The van der Waals surface area contributed by atoms with Crippen LogP contribution in [0, 0.1) is 13.8 Å². The van der Waals surface area contributed by atoms with E-state index in [-0.39, 0.29) is 5.91 Å². The standard InChI is InChI=1S/C15H21N3O/c1-11-3-4-14(12(2)7-11)17-5-6-18-13(10-17)8-16-9-15(18)19/h3-4,7,13,16H,5-6,8-10H2,1-2H3. The zero-order chi connectivity index (χ0) is 13.4. The van der Waals surface area contributed by atoms with Crippen LogP contribution in [-0.2, 0) is 4.79 Å². The van der Waals surface area contributed by atoms with Gasteiger partial charge in [-0.3, -0.25) is 4.79 Å². The number of nitrogens with one attached hydrogen (secondary N) is 1. The highest BCUT2D eigenvalue weighted by atomic mass is 16.2. The van der Waals surface area contributed by atoms with Gasteiger partial charge in [0.05, 0.1) is 12.6 Å². The molecule has 4 nitrogen and oxygen atoms in total. The molecule has 0 spiro atoms. The van der Waals surface area contributed by atoms with Crippen molar-refractivity contribution in [3.63, 3.8) is 0 Å². The van der Waals surface area contributed by atoms with Crippen LogP contribution in [0.1, 0.15) is 11.1 Å². The van der Waals surface area contributed by atoms with Crippen molar-refractivity contribution >= 4 is 11.6 Å². The molecule has 3 rings (SSSR count). The smallest absolute Gasteiger partial charge is 0.236 e. The molecule has 0 saturated carbocycles. The lowest BCUT2D eigenvalue weighted by molar-refractivity contribution is -0.135. The van der Waals surface area contributed by atoms with Crippen molar-refractivity contribution in [1.82, 2.24) is 10.2 Å². The minimum absolute atomic E-state index is 0.247. The fourth-order valence-electron chi connectivity index (χ4n) is 3.18. The molecule has 0 bridgehead atoms. The van der Waals surface area contributed by atoms with Gasteiger partial charge >= 0.3 is 0 Å². The average Bonchev–Trinajstić information content (AvgIpc) is 2.38. The van der Waals surface area contributed by atoms with E-state index in [1.54, 1.807) is 0 Å². The van der Waals surface area contributed by atoms with Gasteiger partial charge in [0.1, 0.15) is 0 Å². The Kier molecular flexibility index (Phi) is 3.19. The molecule has 1 unspecified atom stereocenters. The van der Waals surface area contributed by atoms with Gasteiger partial charge in [-0.05, 0) is 25.5 Å². The van der Waals surface area contributed by atoms with E-state index in [4.69, 9.17) is 0 Å². The highest BCUT2D eigenvalue weighted by Gasteiger charge is 2.33. The zero-order valence-corrected chi connectivity index (χ0v) is 11.6. The molecule has 2 aliphatic rings. The van der Waals surface area contributed by atoms with Gasteiger partial charge in [-0.1, -0.05) is 17.7 Å². The number of fused-ring (bicyclic) bond motifs is 1. The Balaban J connectivity index is 1.79. The first-order valence-corrected chi connectivity index (χ1v) is 6.97. The predicted octanol–water partition coefficient (Wildman–Crippen LogP) is 0.924. The molecular weight excluding hydrogens is 238 g/mol. The van der Waals surface area contributed by atoms with E-state index in [2.05, 4.69) is 42.3 Å². The molecule has 1 amide bonds. The van der Waals surface area contributed by atoms with Gasteiger partial charge in [-0.2, -0.15) is 0 Å². The summed E-state index contributed by atoms with van der Waals surface area (Å²) in [6.45, 7) is 8.41. The number of rotatable bonds is 1. The lowest BCUT2D eigenvalue weighted by Crippen LogP contribution is -2.63. The van der Waals surface area contributed by atoms with Gasteiger partial charge in [-0.25, -0.2) is 0 Å². The molecule has 2 heterocycles. The van der Waals surface area contributed by atoms with Crippen LogP contribution in [0.2, 0.25) is 0 Å². The summed E-state index contributed by atoms with van der Waals surface area (Å²) in [6.07, 6.45) is 0. The van der Waals surface area contributed by atoms with E-state index in [0.29, 0.717) is 12.6 Å². The Morgan fingerprint density at radius 2 is 2.11 bits per heavy atom. The fraction of sp³-hybridized carbons (Fsp3) is 0.533. The number of hydrogen-bond donors (Lipinski definition) is 1. The summed E-state index contributed by atoms with van der Waals surface area (Å²) in [5.41, 5.74) is 3.93. The van der Waals surface area contributed by atoms with E-state index >= 15 is 0 Å². The molecule has 1 aromatic carbocycles. The maximum Gasteiger partial charge on any atom is 0.236 e. The lowest BCUT2D eigenvalue weighted by atomic mass is 10.1. The second kappa shape index (κ2) is 4.85. The number of amides is 1. The predicted molar refractivity (Wildman–Crippen MR) is 76.5 cm³/mol. The van der Waals surface area contributed by atoms with Crippen molar-refractivity contribution in [2.75, 3.05) is 37.6 Å². The summed E-state index contributed by atoms with van der Waals surface area (Å²) in [4.78, 5) is 16.3. The molecule has 2 aliphatic heterocycles. The Labute approximate surface area is 114 Å². The number of aryl methyl sites for hydroxylation is 2. The Bertz CT molecular complexity index is 500. The molecule has 1 atom stereocenters. The van der Waals surface area contributed by atoms with Crippen molar-refractivity contribution in [3.8, 4) is 0 Å². The summed E-state index contributed by atoms with van der Waals surface area (Å²) in [5, 5.41) is 3.21. The molecule has 0 radical (unpaired) electrons. The summed E-state index contributed by atoms with van der Waals surface area (Å²) in [7, 11) is 0. The number of carbonyl (C=O) groups is 1. The van der Waals surface area contributed by atoms with Crippen molar-refractivity contribution < 1.29 is 4.79 Å². The minimum Gasteiger partial charge on any atom is -0.367 e. The summed E-state index contributed by atoms with van der Waals surface area (Å²) in [5.74, 6) is 0.247. The first kappa shape index (κ1) is 12.5. The summed E-state index contributed by atoms with van der Waals surface area (Å²) in [6, 6.07) is 6.92. The Hall–Kier alpha value is -1.55. The molecule has 19 heavy (non-hydrogen) atoms. The third kappa shape index (κ3) is 2.32. The van der Waals surface area contributed by atoms with Gasteiger partial charge in [0.25, 0.3) is 0 Å². The SMILES string of the molecule is Cc1ccc(N2CCN3C(=O)CNCC3C2)c(C)c1. The number of piperazine rings is 2. The zero-order valence-electron chi connectivity index (χ0n) is 11.6. The van der Waals surface area contributed by atoms with E-state index in [1.165, 1.54) is 16.8 Å². The average molecular weight is 259 g/mol. The molecular formula is C15H21N3O. The van der Waals surface area contributed by atoms with E-state index in [9.17, 15) is 4.79 Å². The lowest BCUT2D eigenvalue weighted by Gasteiger charge is -2.45. The molecule has 102 valence electrons. The summed E-state index contributed by atoms with van der Waals surface area (Å²) >= 11 is 0. The van der Waals surface area contributed by atoms with Crippen LogP contribution in [0.25, 0.3) is 0 Å². The molecule has 2 fully saturated rings. The quantitative estimate of drug-likeness (QED) is 0.815. The number of anilines is 1. The van der Waals surface area contributed by atoms with Gasteiger partial charge in [0.2, 0.25) is 5.91 Å². The van der Waals surface area contributed by atoms with E-state index < -0.39 is 0 Å². The van der Waals surface area contributed by atoms with Gasteiger partial charge < -0.3 is 15.1 Å². The number of nitrogens with zero attached hydrogens (tertiary/aromatic N) is 2. The van der Waals surface area contributed by atoms with Crippen molar-refractivity contribution in [2.24, 2.45) is 0 Å². The monoisotopic (exact) mass is 259 g/mol. The van der Waals surface area contributed by atoms with Gasteiger partial charge in [0, 0.05) is 31.9 Å². The number of carbonyl (C=O) groups excluding carboxylic acids is 1. The Morgan fingerprint density at radius 1 is 1.26 bits per heavy atom.